The fourth-order valence-electron chi connectivity index (χ4n) is 5.06. The van der Waals surface area contributed by atoms with Gasteiger partial charge in [-0.25, -0.2) is 4.79 Å². The van der Waals surface area contributed by atoms with Gasteiger partial charge in [0.1, 0.15) is 11.9 Å². The van der Waals surface area contributed by atoms with Crippen LogP contribution in [0.5, 0.6) is 11.5 Å². The third-order valence-electron chi connectivity index (χ3n) is 7.16. The minimum absolute atomic E-state index is 0.0497. The number of amides is 1. The molecule has 0 aliphatic carbocycles. The van der Waals surface area contributed by atoms with E-state index in [0.29, 0.717) is 42.1 Å². The van der Waals surface area contributed by atoms with Crippen molar-refractivity contribution < 1.29 is 34.1 Å². The van der Waals surface area contributed by atoms with Crippen molar-refractivity contribution in [3.8, 4) is 11.5 Å². The minimum atomic E-state index is -1.18. The second-order valence-electron chi connectivity index (χ2n) is 10.2. The van der Waals surface area contributed by atoms with Crippen LogP contribution in [0.4, 0.5) is 11.4 Å². The van der Waals surface area contributed by atoms with Crippen molar-refractivity contribution in [1.82, 2.24) is 0 Å². The summed E-state index contributed by atoms with van der Waals surface area (Å²) in [5, 5.41) is 21.7. The second-order valence-corrected chi connectivity index (χ2v) is 10.2. The maximum absolute atomic E-state index is 13.7. The number of hydrogen-bond acceptors (Lipinski definition) is 6. The third kappa shape index (κ3) is 7.32. The Labute approximate surface area is 249 Å². The molecule has 0 spiro atoms. The lowest BCUT2D eigenvalue weighted by molar-refractivity contribution is -0.145. The lowest BCUT2D eigenvalue weighted by atomic mass is 10.0. The summed E-state index contributed by atoms with van der Waals surface area (Å²) >= 11 is 0. The molecule has 0 saturated heterocycles. The molecule has 4 aromatic rings. The Balaban J connectivity index is 1.41. The molecule has 220 valence electrons. The number of carboxylic acids is 2. The van der Waals surface area contributed by atoms with E-state index in [4.69, 9.17) is 14.6 Å². The van der Waals surface area contributed by atoms with Crippen LogP contribution >= 0.6 is 0 Å². The molecule has 0 aromatic heterocycles. The molecule has 0 radical (unpaired) electrons. The molecule has 0 saturated carbocycles. The molecule has 9 nitrogen and oxygen atoms in total. The van der Waals surface area contributed by atoms with Crippen LogP contribution in [0.2, 0.25) is 0 Å². The first-order valence-electron chi connectivity index (χ1n) is 14.0. The SMILES string of the molecule is O=C(O)CCCN1CC(C(=O)O)Oc2c(NC(=O)c3ccccc3OC(Cc3ccccc3)c3ccccc3)cccc21. The lowest BCUT2D eigenvalue weighted by Gasteiger charge is -2.35. The van der Waals surface area contributed by atoms with Gasteiger partial charge in [0.25, 0.3) is 5.91 Å². The first-order valence-corrected chi connectivity index (χ1v) is 14.0. The number of benzene rings is 4. The van der Waals surface area contributed by atoms with E-state index in [1.165, 1.54) is 0 Å². The Hall–Kier alpha value is -5.31. The number of rotatable bonds is 12. The molecule has 0 bridgehead atoms. The highest BCUT2D eigenvalue weighted by molar-refractivity contribution is 6.07. The number of nitrogens with one attached hydrogen (secondary N) is 1. The summed E-state index contributed by atoms with van der Waals surface area (Å²) < 4.78 is 12.3. The molecule has 1 aliphatic rings. The summed E-state index contributed by atoms with van der Waals surface area (Å²) in [6, 6.07) is 31.9. The average molecular weight is 581 g/mol. The number of ether oxygens (including phenoxy) is 2. The lowest BCUT2D eigenvalue weighted by Crippen LogP contribution is -2.45. The predicted octanol–water partition coefficient (Wildman–Crippen LogP) is 5.82. The smallest absolute Gasteiger partial charge is 0.346 e. The van der Waals surface area contributed by atoms with E-state index >= 15 is 0 Å². The number of nitrogens with zero attached hydrogens (tertiary/aromatic N) is 1. The van der Waals surface area contributed by atoms with Crippen LogP contribution in [0.15, 0.2) is 103 Å². The number of carbonyl (C=O) groups is 3. The van der Waals surface area contributed by atoms with Crippen molar-refractivity contribution in [2.24, 2.45) is 0 Å². The van der Waals surface area contributed by atoms with Crippen molar-refractivity contribution >= 4 is 29.2 Å². The summed E-state index contributed by atoms with van der Waals surface area (Å²) in [7, 11) is 0. The molecule has 2 unspecified atom stereocenters. The monoisotopic (exact) mass is 580 g/mol. The highest BCUT2D eigenvalue weighted by atomic mass is 16.5. The van der Waals surface area contributed by atoms with Crippen molar-refractivity contribution in [2.75, 3.05) is 23.3 Å². The normalized spacial score (nSPS) is 14.6. The fraction of sp³-hybridized carbons (Fsp3) is 0.206. The quantitative estimate of drug-likeness (QED) is 0.192. The van der Waals surface area contributed by atoms with Crippen molar-refractivity contribution in [3.63, 3.8) is 0 Å². The summed E-state index contributed by atoms with van der Waals surface area (Å²) in [6.07, 6.45) is -0.675. The number of carboxylic acid groups (broad SMARTS) is 2. The number of anilines is 2. The minimum Gasteiger partial charge on any atom is -0.485 e. The van der Waals surface area contributed by atoms with Crippen molar-refractivity contribution in [1.29, 1.82) is 0 Å². The second kappa shape index (κ2) is 13.6. The Bertz CT molecular complexity index is 1580. The highest BCUT2D eigenvalue weighted by Crippen LogP contribution is 2.40. The van der Waals surface area contributed by atoms with Gasteiger partial charge in [-0.2, -0.15) is 0 Å². The molecule has 9 heteroatoms. The van der Waals surface area contributed by atoms with E-state index in [-0.39, 0.29) is 24.8 Å². The van der Waals surface area contributed by atoms with Gasteiger partial charge >= 0.3 is 11.9 Å². The topological polar surface area (TPSA) is 125 Å². The summed E-state index contributed by atoms with van der Waals surface area (Å²) in [6.45, 7) is 0.376. The Morgan fingerprint density at radius 1 is 0.884 bits per heavy atom. The van der Waals surface area contributed by atoms with Gasteiger partial charge in [-0.3, -0.25) is 9.59 Å². The van der Waals surface area contributed by atoms with Gasteiger partial charge in [0, 0.05) is 19.4 Å². The van der Waals surface area contributed by atoms with E-state index in [1.54, 1.807) is 47.4 Å². The van der Waals surface area contributed by atoms with Crippen LogP contribution in [-0.2, 0) is 16.0 Å². The number of carbonyl (C=O) groups excluding carboxylic acids is 1. The number of fused-ring (bicyclic) bond motifs is 1. The van der Waals surface area contributed by atoms with Crippen LogP contribution in [0, 0.1) is 0 Å². The average Bonchev–Trinajstić information content (AvgIpc) is 3.02. The largest absolute Gasteiger partial charge is 0.485 e. The molecule has 43 heavy (non-hydrogen) atoms. The fourth-order valence-corrected chi connectivity index (χ4v) is 5.06. The number of para-hydroxylation sites is 2. The van der Waals surface area contributed by atoms with Gasteiger partial charge in [-0.05, 0) is 41.8 Å². The van der Waals surface area contributed by atoms with Gasteiger partial charge in [-0.15, -0.1) is 0 Å². The summed E-state index contributed by atoms with van der Waals surface area (Å²) in [5.74, 6) is -1.92. The Morgan fingerprint density at radius 2 is 1.58 bits per heavy atom. The number of aliphatic carboxylic acids is 2. The standard InChI is InChI=1S/C34H32N2O7/c37-31(38)19-10-20-36-22-30(34(40)41)43-32-26(16-9-17-27(32)36)35-33(39)25-15-7-8-18-28(25)42-29(24-13-5-2-6-14-24)21-23-11-3-1-4-12-23/h1-9,11-18,29-30H,10,19-22H2,(H,35,39)(H,37,38)(H,40,41). The van der Waals surface area contributed by atoms with Crippen LogP contribution in [0.3, 0.4) is 0 Å². The van der Waals surface area contributed by atoms with Crippen LogP contribution in [-0.4, -0.2) is 47.3 Å². The molecule has 1 amide bonds. The predicted molar refractivity (Wildman–Crippen MR) is 162 cm³/mol. The van der Waals surface area contributed by atoms with E-state index in [1.807, 2.05) is 60.7 Å². The van der Waals surface area contributed by atoms with E-state index in [2.05, 4.69) is 5.32 Å². The van der Waals surface area contributed by atoms with E-state index in [9.17, 15) is 19.5 Å². The van der Waals surface area contributed by atoms with Gasteiger partial charge in [0.15, 0.2) is 5.75 Å². The zero-order chi connectivity index (χ0) is 30.2. The summed E-state index contributed by atoms with van der Waals surface area (Å²) in [5.41, 5.74) is 3.24. The van der Waals surface area contributed by atoms with Crippen LogP contribution in [0.1, 0.15) is 40.4 Å². The molecule has 4 aromatic carbocycles. The van der Waals surface area contributed by atoms with Crippen LogP contribution < -0.4 is 19.7 Å². The van der Waals surface area contributed by atoms with Crippen LogP contribution in [0.25, 0.3) is 0 Å². The molecule has 5 rings (SSSR count). The first kappa shape index (κ1) is 29.2. The molecule has 0 fully saturated rings. The maximum Gasteiger partial charge on any atom is 0.346 e. The Morgan fingerprint density at radius 3 is 2.30 bits per heavy atom. The van der Waals surface area contributed by atoms with Gasteiger partial charge in [0.2, 0.25) is 6.10 Å². The summed E-state index contributed by atoms with van der Waals surface area (Å²) in [4.78, 5) is 38.4. The highest BCUT2D eigenvalue weighted by Gasteiger charge is 2.32. The molecule has 2 atom stereocenters. The zero-order valence-electron chi connectivity index (χ0n) is 23.4. The third-order valence-corrected chi connectivity index (χ3v) is 7.16. The molecule has 1 heterocycles. The molecular weight excluding hydrogens is 548 g/mol. The van der Waals surface area contributed by atoms with Gasteiger partial charge in [-0.1, -0.05) is 78.9 Å². The van der Waals surface area contributed by atoms with E-state index in [0.717, 1.165) is 11.1 Å². The first-order chi connectivity index (χ1) is 20.9. The van der Waals surface area contributed by atoms with Crippen molar-refractivity contribution in [3.05, 3.63) is 120 Å². The molecule has 3 N–H and O–H groups in total. The van der Waals surface area contributed by atoms with Crippen molar-refractivity contribution in [2.45, 2.75) is 31.5 Å². The van der Waals surface area contributed by atoms with Gasteiger partial charge < -0.3 is 29.9 Å². The Kier molecular flexibility index (Phi) is 9.21. The number of hydrogen-bond donors (Lipinski definition) is 3. The van der Waals surface area contributed by atoms with E-state index < -0.39 is 23.9 Å². The molecular formula is C34H32N2O7. The van der Waals surface area contributed by atoms with Gasteiger partial charge in [0.05, 0.1) is 23.5 Å². The zero-order valence-corrected chi connectivity index (χ0v) is 23.4. The maximum atomic E-state index is 13.7. The molecule has 1 aliphatic heterocycles.